The Morgan fingerprint density at radius 1 is 1.23 bits per heavy atom. The molecular weight excluding hydrogens is 386 g/mol. The molecule has 1 amide bonds. The standard InChI is InChI=1S/C25H39N5O/c1-5-19(6-2)24(31)30-15-12-21(13-16-30)29-25(26-7-3)27-14-11-20-17-28-23-18(4)9-8-10-22(20)23/h8-10,17,19,21,28H,5-7,11-16H2,1-4H3,(H2,26,27,29). The van der Waals surface area contributed by atoms with Crippen LogP contribution in [0.4, 0.5) is 0 Å². The fourth-order valence-corrected chi connectivity index (χ4v) is 4.51. The van der Waals surface area contributed by atoms with Crippen molar-refractivity contribution in [3.63, 3.8) is 0 Å². The summed E-state index contributed by atoms with van der Waals surface area (Å²) < 4.78 is 0. The zero-order chi connectivity index (χ0) is 22.2. The minimum absolute atomic E-state index is 0.177. The van der Waals surface area contributed by atoms with Crippen LogP contribution in [-0.4, -0.2) is 54.0 Å². The molecule has 1 aromatic heterocycles. The molecule has 31 heavy (non-hydrogen) atoms. The van der Waals surface area contributed by atoms with Gasteiger partial charge in [-0.2, -0.15) is 0 Å². The molecule has 6 nitrogen and oxygen atoms in total. The third-order valence-corrected chi connectivity index (χ3v) is 6.49. The van der Waals surface area contributed by atoms with Crippen LogP contribution in [0.25, 0.3) is 10.9 Å². The summed E-state index contributed by atoms with van der Waals surface area (Å²) >= 11 is 0. The minimum atomic E-state index is 0.177. The third kappa shape index (κ3) is 5.81. The number of likely N-dealkylation sites (tertiary alicyclic amines) is 1. The molecule has 1 aromatic carbocycles. The van der Waals surface area contributed by atoms with Crippen molar-refractivity contribution in [1.82, 2.24) is 20.5 Å². The number of carbonyl (C=O) groups excluding carboxylic acids is 1. The Kier molecular flexibility index (Phi) is 8.38. The lowest BCUT2D eigenvalue weighted by molar-refractivity contribution is -0.136. The molecule has 1 saturated heterocycles. The molecule has 0 aliphatic carbocycles. The smallest absolute Gasteiger partial charge is 0.225 e. The first kappa shape index (κ1) is 23.2. The average molecular weight is 426 g/mol. The number of nitrogens with zero attached hydrogens (tertiary/aromatic N) is 2. The number of para-hydroxylation sites is 1. The zero-order valence-corrected chi connectivity index (χ0v) is 19.6. The molecule has 0 spiro atoms. The van der Waals surface area contributed by atoms with Gasteiger partial charge in [0.05, 0.1) is 0 Å². The van der Waals surface area contributed by atoms with Crippen LogP contribution in [0.3, 0.4) is 0 Å². The maximum absolute atomic E-state index is 12.6. The molecule has 6 heteroatoms. The molecule has 0 saturated carbocycles. The van der Waals surface area contributed by atoms with Gasteiger partial charge < -0.3 is 20.5 Å². The van der Waals surface area contributed by atoms with Crippen LogP contribution in [0.5, 0.6) is 0 Å². The van der Waals surface area contributed by atoms with Crippen molar-refractivity contribution in [1.29, 1.82) is 0 Å². The summed E-state index contributed by atoms with van der Waals surface area (Å²) in [6.45, 7) is 11.7. The van der Waals surface area contributed by atoms with Gasteiger partial charge in [0.15, 0.2) is 5.96 Å². The second-order valence-electron chi connectivity index (χ2n) is 8.58. The number of H-pyrrole nitrogens is 1. The van der Waals surface area contributed by atoms with Gasteiger partial charge >= 0.3 is 0 Å². The number of aromatic nitrogens is 1. The normalized spacial score (nSPS) is 15.6. The van der Waals surface area contributed by atoms with E-state index < -0.39 is 0 Å². The number of aliphatic imine (C=N–C) groups is 1. The first-order valence-corrected chi connectivity index (χ1v) is 12.0. The number of aryl methyl sites for hydroxylation is 1. The van der Waals surface area contributed by atoms with Gasteiger partial charge in [-0.05, 0) is 57.1 Å². The second-order valence-corrected chi connectivity index (χ2v) is 8.58. The number of guanidine groups is 1. The van der Waals surface area contributed by atoms with Crippen molar-refractivity contribution in [2.24, 2.45) is 10.9 Å². The van der Waals surface area contributed by atoms with Crippen molar-refractivity contribution in [2.75, 3.05) is 26.2 Å². The van der Waals surface area contributed by atoms with Gasteiger partial charge in [0, 0.05) is 55.2 Å². The first-order valence-electron chi connectivity index (χ1n) is 12.0. The SMILES string of the molecule is CCNC(=NCCc1c[nH]c2c(C)cccc12)NC1CCN(C(=O)C(CC)CC)CC1. The van der Waals surface area contributed by atoms with Gasteiger partial charge in [0.1, 0.15) is 0 Å². The highest BCUT2D eigenvalue weighted by Gasteiger charge is 2.26. The fourth-order valence-electron chi connectivity index (χ4n) is 4.51. The lowest BCUT2D eigenvalue weighted by atomic mass is 9.98. The van der Waals surface area contributed by atoms with E-state index in [1.54, 1.807) is 0 Å². The van der Waals surface area contributed by atoms with Crippen molar-refractivity contribution >= 4 is 22.8 Å². The fraction of sp³-hybridized carbons (Fsp3) is 0.600. The summed E-state index contributed by atoms with van der Waals surface area (Å²) in [5.41, 5.74) is 3.81. The maximum Gasteiger partial charge on any atom is 0.225 e. The Labute approximate surface area is 186 Å². The van der Waals surface area contributed by atoms with Gasteiger partial charge in [-0.25, -0.2) is 0 Å². The van der Waals surface area contributed by atoms with Gasteiger partial charge in [-0.3, -0.25) is 9.79 Å². The quantitative estimate of drug-likeness (QED) is 0.442. The second kappa shape index (κ2) is 11.2. The molecule has 1 fully saturated rings. The van der Waals surface area contributed by atoms with E-state index in [-0.39, 0.29) is 5.92 Å². The van der Waals surface area contributed by atoms with Crippen molar-refractivity contribution in [3.8, 4) is 0 Å². The average Bonchev–Trinajstić information content (AvgIpc) is 3.19. The lowest BCUT2D eigenvalue weighted by Crippen LogP contribution is -2.50. The summed E-state index contributed by atoms with van der Waals surface area (Å²) in [6, 6.07) is 6.79. The number of aromatic amines is 1. The third-order valence-electron chi connectivity index (χ3n) is 6.49. The topological polar surface area (TPSA) is 72.5 Å². The molecule has 1 aliphatic heterocycles. The van der Waals surface area contributed by atoms with E-state index in [2.05, 4.69) is 72.6 Å². The van der Waals surface area contributed by atoms with Gasteiger partial charge in [0.2, 0.25) is 5.91 Å². The van der Waals surface area contributed by atoms with Gasteiger partial charge in [-0.15, -0.1) is 0 Å². The van der Waals surface area contributed by atoms with Crippen molar-refractivity contribution < 1.29 is 4.79 Å². The summed E-state index contributed by atoms with van der Waals surface area (Å²) in [7, 11) is 0. The van der Waals surface area contributed by atoms with Crippen molar-refractivity contribution in [2.45, 2.75) is 65.8 Å². The molecule has 0 radical (unpaired) electrons. The Hall–Kier alpha value is -2.50. The van der Waals surface area contributed by atoms with Crippen LogP contribution >= 0.6 is 0 Å². The van der Waals surface area contributed by atoms with E-state index in [1.807, 2.05) is 0 Å². The Morgan fingerprint density at radius 3 is 2.65 bits per heavy atom. The summed E-state index contributed by atoms with van der Waals surface area (Å²) in [5.74, 6) is 1.39. The molecule has 0 bridgehead atoms. The summed E-state index contributed by atoms with van der Waals surface area (Å²) in [5, 5.41) is 8.26. The number of piperidine rings is 1. The molecule has 3 N–H and O–H groups in total. The molecule has 2 heterocycles. The van der Waals surface area contributed by atoms with Crippen LogP contribution in [0.1, 0.15) is 57.6 Å². The number of hydrogen-bond donors (Lipinski definition) is 3. The molecular formula is C25H39N5O. The maximum atomic E-state index is 12.6. The molecule has 170 valence electrons. The number of nitrogens with one attached hydrogen (secondary N) is 3. The van der Waals surface area contributed by atoms with E-state index in [4.69, 9.17) is 4.99 Å². The number of rotatable bonds is 8. The number of carbonyl (C=O) groups is 1. The predicted octanol–water partition coefficient (Wildman–Crippen LogP) is 4.00. The highest BCUT2D eigenvalue weighted by atomic mass is 16.2. The van der Waals surface area contributed by atoms with Gasteiger partial charge in [-0.1, -0.05) is 32.0 Å². The van der Waals surface area contributed by atoms with E-state index >= 15 is 0 Å². The lowest BCUT2D eigenvalue weighted by Gasteiger charge is -2.34. The molecule has 3 rings (SSSR count). The van der Waals surface area contributed by atoms with Crippen LogP contribution in [0.2, 0.25) is 0 Å². The van der Waals surface area contributed by atoms with Gasteiger partial charge in [0.25, 0.3) is 0 Å². The van der Waals surface area contributed by atoms with Crippen LogP contribution in [-0.2, 0) is 11.2 Å². The van der Waals surface area contributed by atoms with Crippen molar-refractivity contribution in [3.05, 3.63) is 35.5 Å². The molecule has 0 unspecified atom stereocenters. The first-order chi connectivity index (χ1) is 15.1. The van der Waals surface area contributed by atoms with Crippen LogP contribution < -0.4 is 10.6 Å². The highest BCUT2D eigenvalue weighted by Crippen LogP contribution is 2.21. The Morgan fingerprint density at radius 2 is 1.97 bits per heavy atom. The Bertz CT molecular complexity index is 875. The zero-order valence-electron chi connectivity index (χ0n) is 19.6. The van der Waals surface area contributed by atoms with E-state index in [9.17, 15) is 4.79 Å². The molecule has 0 atom stereocenters. The number of benzene rings is 1. The molecule has 1 aliphatic rings. The minimum Gasteiger partial charge on any atom is -0.361 e. The van der Waals surface area contributed by atoms with E-state index in [1.165, 1.54) is 22.0 Å². The largest absolute Gasteiger partial charge is 0.361 e. The number of hydrogen-bond acceptors (Lipinski definition) is 2. The summed E-state index contributed by atoms with van der Waals surface area (Å²) in [6.07, 6.45) is 6.82. The summed E-state index contributed by atoms with van der Waals surface area (Å²) in [4.78, 5) is 22.9. The molecule has 2 aromatic rings. The Balaban J connectivity index is 1.53. The number of fused-ring (bicyclic) bond motifs is 1. The number of amides is 1. The van der Waals surface area contributed by atoms with E-state index in [0.29, 0.717) is 11.9 Å². The van der Waals surface area contributed by atoms with E-state index in [0.717, 1.165) is 64.2 Å². The van der Waals surface area contributed by atoms with Crippen LogP contribution in [0, 0.1) is 12.8 Å². The van der Waals surface area contributed by atoms with Crippen LogP contribution in [0.15, 0.2) is 29.4 Å². The monoisotopic (exact) mass is 425 g/mol. The predicted molar refractivity (Wildman–Crippen MR) is 130 cm³/mol. The highest BCUT2D eigenvalue weighted by molar-refractivity contribution is 5.86.